The van der Waals surface area contributed by atoms with Crippen molar-refractivity contribution in [1.29, 1.82) is 0 Å². The van der Waals surface area contributed by atoms with E-state index >= 15 is 0 Å². The Kier molecular flexibility index (Phi) is 5.45. The van der Waals surface area contributed by atoms with Crippen LogP contribution in [0, 0.1) is 0 Å². The molecule has 5 nitrogen and oxygen atoms in total. The van der Waals surface area contributed by atoms with Gasteiger partial charge in [0, 0.05) is 11.5 Å². The maximum absolute atomic E-state index is 11.8. The van der Waals surface area contributed by atoms with E-state index in [0.717, 1.165) is 23.7 Å². The molecule has 1 aliphatic rings. The van der Waals surface area contributed by atoms with Gasteiger partial charge in [0.1, 0.15) is 12.4 Å². The van der Waals surface area contributed by atoms with Crippen LogP contribution in [0.1, 0.15) is 47.5 Å². The van der Waals surface area contributed by atoms with Crippen molar-refractivity contribution < 1.29 is 14.2 Å². The molecule has 0 aliphatic carbocycles. The molecule has 3 rings (SSSR count). The van der Waals surface area contributed by atoms with E-state index in [-0.39, 0.29) is 17.3 Å². The molecule has 0 spiro atoms. The number of ether oxygens (including phenoxy) is 3. The van der Waals surface area contributed by atoms with E-state index in [1.165, 1.54) is 11.6 Å². The van der Waals surface area contributed by atoms with Crippen LogP contribution in [0.3, 0.4) is 0 Å². The second-order valence-electron chi connectivity index (χ2n) is 8.16. The number of rotatable bonds is 6. The Labute approximate surface area is 160 Å². The lowest BCUT2D eigenvalue weighted by Gasteiger charge is -2.24. The zero-order valence-corrected chi connectivity index (χ0v) is 16.8. The third-order valence-electron chi connectivity index (χ3n) is 4.89. The molecule has 0 amide bonds. The molecule has 0 radical (unpaired) electrons. The first-order valence-electron chi connectivity index (χ1n) is 9.45. The average molecular weight is 371 g/mol. The zero-order valence-electron chi connectivity index (χ0n) is 16.8. The lowest BCUT2D eigenvalue weighted by molar-refractivity contribution is -0.157. The molecule has 1 aromatic carbocycles. The number of hydrogen-bond donors (Lipinski definition) is 1. The molecule has 1 fully saturated rings. The standard InChI is InChI=1S/C22H29NO4/c1-15(10-11-19-21(2,3)27-22(4,5)26-19)12-13-25-18-14-20(24)23-17-9-7-6-8-16(17)18/h6-9,12,14,19H,10-11,13H2,1-5H3,(H,23,24). The molecule has 27 heavy (non-hydrogen) atoms. The molecule has 1 unspecified atom stereocenters. The predicted octanol–water partition coefficient (Wildman–Crippen LogP) is 4.56. The van der Waals surface area contributed by atoms with Crippen molar-refractivity contribution in [3.8, 4) is 5.75 Å². The summed E-state index contributed by atoms with van der Waals surface area (Å²) in [6.45, 7) is 10.6. The highest BCUT2D eigenvalue weighted by Crippen LogP contribution is 2.38. The number of nitrogens with one attached hydrogen (secondary N) is 1. The van der Waals surface area contributed by atoms with Gasteiger partial charge in [-0.3, -0.25) is 4.79 Å². The van der Waals surface area contributed by atoms with Crippen LogP contribution < -0.4 is 10.3 Å². The number of allylic oxidation sites excluding steroid dienone is 1. The summed E-state index contributed by atoms with van der Waals surface area (Å²) < 4.78 is 17.9. The molecular formula is C22H29NO4. The van der Waals surface area contributed by atoms with E-state index in [4.69, 9.17) is 14.2 Å². The van der Waals surface area contributed by atoms with E-state index in [1.807, 2.05) is 38.1 Å². The van der Waals surface area contributed by atoms with Crippen LogP contribution in [-0.4, -0.2) is 29.1 Å². The summed E-state index contributed by atoms with van der Waals surface area (Å²) in [5.74, 6) is 0.0739. The number of hydrogen-bond acceptors (Lipinski definition) is 4. The lowest BCUT2D eigenvalue weighted by atomic mass is 9.96. The van der Waals surface area contributed by atoms with Crippen molar-refractivity contribution >= 4 is 10.9 Å². The Morgan fingerprint density at radius 3 is 2.70 bits per heavy atom. The SMILES string of the molecule is CC(=CCOc1cc(=O)[nH]c2ccccc12)CCC1OC(C)(C)OC1(C)C. The minimum atomic E-state index is -0.531. The number of benzene rings is 1. The maximum Gasteiger partial charge on any atom is 0.252 e. The Morgan fingerprint density at radius 2 is 2.00 bits per heavy atom. The summed E-state index contributed by atoms with van der Waals surface area (Å²) >= 11 is 0. The molecule has 5 heteroatoms. The largest absolute Gasteiger partial charge is 0.489 e. The molecule has 1 aromatic heterocycles. The molecular weight excluding hydrogens is 342 g/mol. The third-order valence-corrected chi connectivity index (χ3v) is 4.89. The monoisotopic (exact) mass is 371 g/mol. The number of H-pyrrole nitrogens is 1. The van der Waals surface area contributed by atoms with Gasteiger partial charge in [-0.1, -0.05) is 17.7 Å². The first-order chi connectivity index (χ1) is 12.7. The Hall–Kier alpha value is -2.11. The normalized spacial score (nSPS) is 21.5. The van der Waals surface area contributed by atoms with E-state index in [1.54, 1.807) is 0 Å². The Bertz CT molecular complexity index is 895. The fraction of sp³-hybridized carbons (Fsp3) is 0.500. The van der Waals surface area contributed by atoms with Gasteiger partial charge in [0.05, 0.1) is 17.2 Å². The van der Waals surface area contributed by atoms with Gasteiger partial charge in [0.25, 0.3) is 5.56 Å². The van der Waals surface area contributed by atoms with Gasteiger partial charge < -0.3 is 19.2 Å². The van der Waals surface area contributed by atoms with Crippen molar-refractivity contribution in [2.75, 3.05) is 6.61 Å². The smallest absolute Gasteiger partial charge is 0.252 e. The van der Waals surface area contributed by atoms with Gasteiger partial charge >= 0.3 is 0 Å². The van der Waals surface area contributed by atoms with Crippen LogP contribution in [0.4, 0.5) is 0 Å². The van der Waals surface area contributed by atoms with E-state index in [2.05, 4.69) is 31.8 Å². The fourth-order valence-electron chi connectivity index (χ4n) is 3.64. The van der Waals surface area contributed by atoms with Gasteiger partial charge in [-0.05, 0) is 65.7 Å². The lowest BCUT2D eigenvalue weighted by Crippen LogP contribution is -2.33. The summed E-state index contributed by atoms with van der Waals surface area (Å²) in [7, 11) is 0. The van der Waals surface area contributed by atoms with E-state index in [9.17, 15) is 4.79 Å². The highest BCUT2D eigenvalue weighted by molar-refractivity contribution is 5.84. The van der Waals surface area contributed by atoms with Crippen molar-refractivity contribution in [1.82, 2.24) is 4.98 Å². The molecule has 1 N–H and O–H groups in total. The van der Waals surface area contributed by atoms with Crippen LogP contribution in [-0.2, 0) is 9.47 Å². The van der Waals surface area contributed by atoms with Crippen molar-refractivity contribution in [2.45, 2.75) is 65.0 Å². The highest BCUT2D eigenvalue weighted by atomic mass is 16.8. The molecule has 0 saturated carbocycles. The van der Waals surface area contributed by atoms with Gasteiger partial charge in [0.15, 0.2) is 5.79 Å². The second-order valence-corrected chi connectivity index (χ2v) is 8.16. The summed E-state index contributed by atoms with van der Waals surface area (Å²) in [6.07, 6.45) is 3.93. The van der Waals surface area contributed by atoms with Crippen LogP contribution >= 0.6 is 0 Å². The second kappa shape index (κ2) is 7.49. The molecule has 0 bridgehead atoms. The van der Waals surface area contributed by atoms with Gasteiger partial charge in [-0.25, -0.2) is 0 Å². The minimum Gasteiger partial charge on any atom is -0.489 e. The third kappa shape index (κ3) is 4.79. The van der Waals surface area contributed by atoms with Crippen molar-refractivity contribution in [2.24, 2.45) is 0 Å². The van der Waals surface area contributed by atoms with Gasteiger partial charge in [-0.2, -0.15) is 0 Å². The average Bonchev–Trinajstić information content (AvgIpc) is 2.79. The molecule has 1 aliphatic heterocycles. The minimum absolute atomic E-state index is 0.0633. The van der Waals surface area contributed by atoms with Crippen molar-refractivity contribution in [3.05, 3.63) is 52.3 Å². The molecule has 1 atom stereocenters. The fourth-order valence-corrected chi connectivity index (χ4v) is 3.64. The molecule has 1 saturated heterocycles. The number of pyridine rings is 1. The first kappa shape index (κ1) is 19.6. The summed E-state index contributed by atoms with van der Waals surface area (Å²) in [5, 5.41) is 0.906. The first-order valence-corrected chi connectivity index (χ1v) is 9.45. The number of aromatic amines is 1. The van der Waals surface area contributed by atoms with Crippen LogP contribution in [0.2, 0.25) is 0 Å². The Balaban J connectivity index is 1.58. The summed E-state index contributed by atoms with van der Waals surface area (Å²) in [6, 6.07) is 9.14. The highest BCUT2D eigenvalue weighted by Gasteiger charge is 2.46. The number of fused-ring (bicyclic) bond motifs is 1. The number of aromatic nitrogens is 1. The zero-order chi connectivity index (χ0) is 19.7. The Morgan fingerprint density at radius 1 is 1.26 bits per heavy atom. The molecule has 146 valence electrons. The van der Waals surface area contributed by atoms with Gasteiger partial charge in [0.2, 0.25) is 0 Å². The van der Waals surface area contributed by atoms with E-state index in [0.29, 0.717) is 12.4 Å². The van der Waals surface area contributed by atoms with Crippen LogP contribution in [0.5, 0.6) is 5.75 Å². The van der Waals surface area contributed by atoms with Gasteiger partial charge in [-0.15, -0.1) is 0 Å². The number of para-hydroxylation sites is 1. The summed E-state index contributed by atoms with van der Waals surface area (Å²) in [5.41, 5.74) is 1.56. The van der Waals surface area contributed by atoms with Crippen molar-refractivity contribution in [3.63, 3.8) is 0 Å². The topological polar surface area (TPSA) is 60.6 Å². The molecule has 2 aromatic rings. The maximum atomic E-state index is 11.8. The predicted molar refractivity (Wildman–Crippen MR) is 107 cm³/mol. The summed E-state index contributed by atoms with van der Waals surface area (Å²) in [4.78, 5) is 14.6. The van der Waals surface area contributed by atoms with Crippen LogP contribution in [0.25, 0.3) is 10.9 Å². The quantitative estimate of drug-likeness (QED) is 0.756. The molecule has 2 heterocycles. The van der Waals surface area contributed by atoms with Crippen LogP contribution in [0.15, 0.2) is 46.8 Å². The van der Waals surface area contributed by atoms with E-state index < -0.39 is 5.79 Å².